The van der Waals surface area contributed by atoms with E-state index in [0.29, 0.717) is 11.8 Å². The van der Waals surface area contributed by atoms with Crippen LogP contribution in [-0.2, 0) is 6.42 Å². The minimum atomic E-state index is 0.215. The number of aromatic hydroxyl groups is 1. The molecule has 1 aliphatic rings. The van der Waals surface area contributed by atoms with E-state index in [0.717, 1.165) is 12.1 Å². The lowest BCUT2D eigenvalue weighted by atomic mass is 9.70. The molecule has 2 aromatic carbocycles. The van der Waals surface area contributed by atoms with Crippen LogP contribution in [0.4, 0.5) is 5.69 Å². The van der Waals surface area contributed by atoms with Gasteiger partial charge < -0.3 is 10.4 Å². The molecular formula is C18H21NO. The summed E-state index contributed by atoms with van der Waals surface area (Å²) >= 11 is 0. The molecule has 0 bridgehead atoms. The second-order valence-corrected chi connectivity index (χ2v) is 6.31. The first-order chi connectivity index (χ1) is 9.56. The van der Waals surface area contributed by atoms with Crippen LogP contribution in [0.2, 0.25) is 0 Å². The molecule has 0 saturated heterocycles. The van der Waals surface area contributed by atoms with E-state index in [1.807, 2.05) is 12.1 Å². The Morgan fingerprint density at radius 3 is 2.50 bits per heavy atom. The van der Waals surface area contributed by atoms with Gasteiger partial charge in [0.2, 0.25) is 0 Å². The van der Waals surface area contributed by atoms with Crippen molar-refractivity contribution in [3.05, 3.63) is 59.7 Å². The van der Waals surface area contributed by atoms with Gasteiger partial charge in [-0.15, -0.1) is 0 Å². The number of aryl methyl sites for hydroxylation is 1. The van der Waals surface area contributed by atoms with E-state index in [9.17, 15) is 5.11 Å². The van der Waals surface area contributed by atoms with Crippen LogP contribution in [0.3, 0.4) is 0 Å². The number of hydrogen-bond acceptors (Lipinski definition) is 2. The van der Waals surface area contributed by atoms with E-state index in [1.165, 1.54) is 17.5 Å². The highest BCUT2D eigenvalue weighted by molar-refractivity contribution is 5.50. The van der Waals surface area contributed by atoms with E-state index in [2.05, 4.69) is 43.4 Å². The summed E-state index contributed by atoms with van der Waals surface area (Å²) < 4.78 is 0. The largest absolute Gasteiger partial charge is 0.508 e. The predicted octanol–water partition coefficient (Wildman–Crippen LogP) is 4.52. The summed E-state index contributed by atoms with van der Waals surface area (Å²) in [5.41, 5.74) is 4.11. The van der Waals surface area contributed by atoms with Crippen LogP contribution >= 0.6 is 0 Å². The van der Waals surface area contributed by atoms with Gasteiger partial charge in [-0.2, -0.15) is 0 Å². The lowest BCUT2D eigenvalue weighted by molar-refractivity contribution is 0.265. The number of phenolic OH excluding ortho intramolecular Hbond substituents is 1. The fraction of sp³-hybridized carbons (Fsp3) is 0.333. The first-order valence-corrected chi connectivity index (χ1v) is 7.20. The second kappa shape index (κ2) is 4.86. The zero-order valence-corrected chi connectivity index (χ0v) is 12.1. The predicted molar refractivity (Wildman–Crippen MR) is 83.0 cm³/mol. The van der Waals surface area contributed by atoms with Crippen molar-refractivity contribution in [3.63, 3.8) is 0 Å². The van der Waals surface area contributed by atoms with Crippen LogP contribution in [0, 0.1) is 5.41 Å². The Hall–Kier alpha value is -1.96. The summed E-state index contributed by atoms with van der Waals surface area (Å²) in [6, 6.07) is 16.3. The zero-order valence-electron chi connectivity index (χ0n) is 12.1. The molecule has 0 aliphatic heterocycles. The van der Waals surface area contributed by atoms with Crippen molar-refractivity contribution < 1.29 is 5.11 Å². The Balaban J connectivity index is 1.95. The van der Waals surface area contributed by atoms with Crippen molar-refractivity contribution >= 4 is 5.69 Å². The molecule has 1 atom stereocenters. The maximum atomic E-state index is 9.40. The van der Waals surface area contributed by atoms with Crippen LogP contribution in [0.15, 0.2) is 48.5 Å². The number of fused-ring (bicyclic) bond motifs is 1. The molecule has 0 spiro atoms. The van der Waals surface area contributed by atoms with Gasteiger partial charge in [-0.05, 0) is 53.6 Å². The SMILES string of the molecule is CC1(C)CCc2ccccc2C1Nc1ccc(O)cc1. The highest BCUT2D eigenvalue weighted by Gasteiger charge is 2.35. The monoisotopic (exact) mass is 267 g/mol. The molecule has 0 heterocycles. The molecule has 0 aromatic heterocycles. The van der Waals surface area contributed by atoms with Gasteiger partial charge in [-0.1, -0.05) is 38.1 Å². The molecule has 2 N–H and O–H groups in total. The third-order valence-electron chi connectivity index (χ3n) is 4.36. The number of benzene rings is 2. The van der Waals surface area contributed by atoms with Crippen LogP contribution in [-0.4, -0.2) is 5.11 Å². The minimum Gasteiger partial charge on any atom is -0.508 e. The average Bonchev–Trinajstić information content (AvgIpc) is 2.44. The number of nitrogens with one attached hydrogen (secondary N) is 1. The molecule has 0 fully saturated rings. The summed E-state index contributed by atoms with van der Waals surface area (Å²) in [6.07, 6.45) is 2.33. The highest BCUT2D eigenvalue weighted by atomic mass is 16.3. The van der Waals surface area contributed by atoms with Crippen LogP contribution < -0.4 is 5.32 Å². The van der Waals surface area contributed by atoms with Crippen molar-refractivity contribution in [1.82, 2.24) is 0 Å². The molecule has 2 nitrogen and oxygen atoms in total. The Kier molecular flexibility index (Phi) is 3.17. The molecule has 1 unspecified atom stereocenters. The molecule has 20 heavy (non-hydrogen) atoms. The Morgan fingerprint density at radius 1 is 1.05 bits per heavy atom. The molecule has 104 valence electrons. The topological polar surface area (TPSA) is 32.3 Å². The molecule has 2 heteroatoms. The lowest BCUT2D eigenvalue weighted by Crippen LogP contribution is -2.33. The summed E-state index contributed by atoms with van der Waals surface area (Å²) in [7, 11) is 0. The van der Waals surface area contributed by atoms with Gasteiger partial charge in [0.25, 0.3) is 0 Å². The molecule has 0 amide bonds. The van der Waals surface area contributed by atoms with Crippen molar-refractivity contribution in [1.29, 1.82) is 0 Å². The van der Waals surface area contributed by atoms with Crippen molar-refractivity contribution in [3.8, 4) is 5.75 Å². The summed E-state index contributed by atoms with van der Waals surface area (Å²) in [5.74, 6) is 0.304. The lowest BCUT2D eigenvalue weighted by Gasteiger charge is -2.41. The normalized spacial score (nSPS) is 20.2. The average molecular weight is 267 g/mol. The summed E-state index contributed by atoms with van der Waals surface area (Å²) in [4.78, 5) is 0. The standard InChI is InChI=1S/C18H21NO/c1-18(2)12-11-13-5-3-4-6-16(13)17(18)19-14-7-9-15(20)10-8-14/h3-10,17,19-20H,11-12H2,1-2H3. The van der Waals surface area contributed by atoms with Gasteiger partial charge in [-0.3, -0.25) is 0 Å². The zero-order chi connectivity index (χ0) is 14.2. The number of anilines is 1. The quantitative estimate of drug-likeness (QED) is 0.784. The van der Waals surface area contributed by atoms with Crippen LogP contribution in [0.5, 0.6) is 5.75 Å². The van der Waals surface area contributed by atoms with Gasteiger partial charge in [0, 0.05) is 5.69 Å². The number of rotatable bonds is 2. The first kappa shape index (κ1) is 13.0. The number of phenols is 1. The van der Waals surface area contributed by atoms with Gasteiger partial charge in [-0.25, -0.2) is 0 Å². The number of hydrogen-bond donors (Lipinski definition) is 2. The smallest absolute Gasteiger partial charge is 0.115 e. The third kappa shape index (κ3) is 2.38. The maximum absolute atomic E-state index is 9.40. The van der Waals surface area contributed by atoms with Crippen LogP contribution in [0.1, 0.15) is 37.4 Å². The Bertz CT molecular complexity index is 601. The molecule has 3 rings (SSSR count). The molecule has 1 aliphatic carbocycles. The first-order valence-electron chi connectivity index (χ1n) is 7.20. The van der Waals surface area contributed by atoms with E-state index in [4.69, 9.17) is 0 Å². The fourth-order valence-corrected chi connectivity index (χ4v) is 3.06. The third-order valence-corrected chi connectivity index (χ3v) is 4.36. The molecule has 0 saturated carbocycles. The Morgan fingerprint density at radius 2 is 1.75 bits per heavy atom. The summed E-state index contributed by atoms with van der Waals surface area (Å²) in [5, 5.41) is 13.0. The van der Waals surface area contributed by atoms with Gasteiger partial charge in [0.1, 0.15) is 5.75 Å². The summed E-state index contributed by atoms with van der Waals surface area (Å²) in [6.45, 7) is 4.64. The molecular weight excluding hydrogens is 246 g/mol. The van der Waals surface area contributed by atoms with Crippen molar-refractivity contribution in [2.75, 3.05) is 5.32 Å². The molecule has 2 aromatic rings. The van der Waals surface area contributed by atoms with Gasteiger partial charge in [0.05, 0.1) is 6.04 Å². The highest BCUT2D eigenvalue weighted by Crippen LogP contribution is 2.45. The minimum absolute atomic E-state index is 0.215. The van der Waals surface area contributed by atoms with Gasteiger partial charge in [0.15, 0.2) is 0 Å². The second-order valence-electron chi connectivity index (χ2n) is 6.31. The van der Waals surface area contributed by atoms with E-state index < -0.39 is 0 Å². The molecule has 0 radical (unpaired) electrons. The van der Waals surface area contributed by atoms with E-state index in [-0.39, 0.29) is 5.41 Å². The van der Waals surface area contributed by atoms with Gasteiger partial charge >= 0.3 is 0 Å². The van der Waals surface area contributed by atoms with E-state index in [1.54, 1.807) is 12.1 Å². The van der Waals surface area contributed by atoms with E-state index >= 15 is 0 Å². The van der Waals surface area contributed by atoms with Crippen LogP contribution in [0.25, 0.3) is 0 Å². The maximum Gasteiger partial charge on any atom is 0.115 e. The van der Waals surface area contributed by atoms with Crippen molar-refractivity contribution in [2.24, 2.45) is 5.41 Å². The van der Waals surface area contributed by atoms with Crippen molar-refractivity contribution in [2.45, 2.75) is 32.7 Å². The Labute approximate surface area is 120 Å². The fourth-order valence-electron chi connectivity index (χ4n) is 3.06.